The predicted molar refractivity (Wildman–Crippen MR) is 91.8 cm³/mol. The van der Waals surface area contributed by atoms with Gasteiger partial charge in [0.2, 0.25) is 0 Å². The van der Waals surface area contributed by atoms with Gasteiger partial charge in [0, 0.05) is 25.8 Å². The monoisotopic (exact) mass is 282 g/mol. The van der Waals surface area contributed by atoms with Gasteiger partial charge in [-0.15, -0.1) is 0 Å². The van der Waals surface area contributed by atoms with Crippen LogP contribution < -0.4 is 10.2 Å². The molecule has 0 saturated heterocycles. The van der Waals surface area contributed by atoms with Crippen LogP contribution in [0.15, 0.2) is 42.5 Å². The summed E-state index contributed by atoms with van der Waals surface area (Å²) in [5, 5.41) is 3.43. The van der Waals surface area contributed by atoms with Crippen LogP contribution in [0.25, 0.3) is 0 Å². The maximum atomic E-state index is 3.43. The second kappa shape index (κ2) is 7.28. The molecule has 0 radical (unpaired) electrons. The molecule has 0 unspecified atom stereocenters. The summed E-state index contributed by atoms with van der Waals surface area (Å²) in [6.45, 7) is 9.27. The SMILES string of the molecule is CCNCc1cc(C)ccc1N(C)Cc1ccc(C)cc1. The Hall–Kier alpha value is -1.80. The van der Waals surface area contributed by atoms with Gasteiger partial charge in [0.05, 0.1) is 0 Å². The summed E-state index contributed by atoms with van der Waals surface area (Å²) in [6.07, 6.45) is 0. The molecule has 0 aliphatic heterocycles. The van der Waals surface area contributed by atoms with Crippen molar-refractivity contribution in [2.24, 2.45) is 0 Å². The molecule has 2 nitrogen and oxygen atoms in total. The van der Waals surface area contributed by atoms with E-state index in [2.05, 4.69) is 80.5 Å². The van der Waals surface area contributed by atoms with E-state index in [1.165, 1.54) is 27.9 Å². The van der Waals surface area contributed by atoms with Crippen LogP contribution in [-0.2, 0) is 13.1 Å². The molecule has 0 aromatic heterocycles. The summed E-state index contributed by atoms with van der Waals surface area (Å²) < 4.78 is 0. The number of nitrogens with one attached hydrogen (secondary N) is 1. The molecule has 0 amide bonds. The van der Waals surface area contributed by atoms with Gasteiger partial charge in [-0.1, -0.05) is 54.4 Å². The topological polar surface area (TPSA) is 15.3 Å². The van der Waals surface area contributed by atoms with E-state index in [0.29, 0.717) is 0 Å². The van der Waals surface area contributed by atoms with Crippen molar-refractivity contribution in [3.05, 3.63) is 64.7 Å². The van der Waals surface area contributed by atoms with Gasteiger partial charge in [-0.2, -0.15) is 0 Å². The van der Waals surface area contributed by atoms with Gasteiger partial charge in [-0.05, 0) is 37.6 Å². The number of nitrogens with zero attached hydrogens (tertiary/aromatic N) is 1. The Morgan fingerprint density at radius 1 is 0.952 bits per heavy atom. The first-order valence-electron chi connectivity index (χ1n) is 7.67. The molecule has 2 rings (SSSR count). The Kier molecular flexibility index (Phi) is 5.40. The van der Waals surface area contributed by atoms with E-state index in [0.717, 1.165) is 19.6 Å². The van der Waals surface area contributed by atoms with Crippen molar-refractivity contribution < 1.29 is 0 Å². The summed E-state index contributed by atoms with van der Waals surface area (Å²) in [6, 6.07) is 15.5. The van der Waals surface area contributed by atoms with Crippen molar-refractivity contribution in [1.29, 1.82) is 0 Å². The fourth-order valence-electron chi connectivity index (χ4n) is 2.54. The van der Waals surface area contributed by atoms with Crippen LogP contribution in [0.3, 0.4) is 0 Å². The fourth-order valence-corrected chi connectivity index (χ4v) is 2.54. The van der Waals surface area contributed by atoms with Crippen LogP contribution in [0.1, 0.15) is 29.2 Å². The Balaban J connectivity index is 2.17. The van der Waals surface area contributed by atoms with Crippen LogP contribution in [0.2, 0.25) is 0 Å². The summed E-state index contributed by atoms with van der Waals surface area (Å²) in [5.74, 6) is 0. The molecular weight excluding hydrogens is 256 g/mol. The Morgan fingerprint density at radius 3 is 2.29 bits per heavy atom. The molecule has 0 aliphatic carbocycles. The first kappa shape index (κ1) is 15.6. The van der Waals surface area contributed by atoms with E-state index >= 15 is 0 Å². The third-order valence-electron chi connectivity index (χ3n) is 3.75. The third-order valence-corrected chi connectivity index (χ3v) is 3.75. The number of hydrogen-bond donors (Lipinski definition) is 1. The highest BCUT2D eigenvalue weighted by molar-refractivity contribution is 5.54. The average Bonchev–Trinajstić information content (AvgIpc) is 2.47. The number of rotatable bonds is 6. The highest BCUT2D eigenvalue weighted by Gasteiger charge is 2.08. The van der Waals surface area contributed by atoms with Crippen LogP contribution in [0, 0.1) is 13.8 Å². The minimum Gasteiger partial charge on any atom is -0.370 e. The molecule has 2 aromatic rings. The lowest BCUT2D eigenvalue weighted by atomic mass is 10.1. The fraction of sp³-hybridized carbons (Fsp3) is 0.368. The molecule has 1 N–H and O–H groups in total. The highest BCUT2D eigenvalue weighted by atomic mass is 15.1. The zero-order valence-corrected chi connectivity index (χ0v) is 13.6. The summed E-state index contributed by atoms with van der Waals surface area (Å²) in [7, 11) is 2.17. The number of anilines is 1. The van der Waals surface area contributed by atoms with Crippen molar-refractivity contribution in [1.82, 2.24) is 5.32 Å². The minimum absolute atomic E-state index is 0.922. The third kappa shape index (κ3) is 4.33. The van der Waals surface area contributed by atoms with Crippen LogP contribution in [0.4, 0.5) is 5.69 Å². The lowest BCUT2D eigenvalue weighted by Crippen LogP contribution is -2.20. The lowest BCUT2D eigenvalue weighted by molar-refractivity contribution is 0.722. The van der Waals surface area contributed by atoms with Gasteiger partial charge in [0.1, 0.15) is 0 Å². The Morgan fingerprint density at radius 2 is 1.62 bits per heavy atom. The summed E-state index contributed by atoms with van der Waals surface area (Å²) >= 11 is 0. The van der Waals surface area contributed by atoms with Crippen molar-refractivity contribution in [2.45, 2.75) is 33.9 Å². The lowest BCUT2D eigenvalue weighted by Gasteiger charge is -2.23. The highest BCUT2D eigenvalue weighted by Crippen LogP contribution is 2.22. The zero-order valence-electron chi connectivity index (χ0n) is 13.6. The van der Waals surface area contributed by atoms with Crippen molar-refractivity contribution >= 4 is 5.69 Å². The molecule has 0 heterocycles. The minimum atomic E-state index is 0.922. The van der Waals surface area contributed by atoms with E-state index in [1.54, 1.807) is 0 Å². The Labute approximate surface area is 128 Å². The van der Waals surface area contributed by atoms with Crippen molar-refractivity contribution in [2.75, 3.05) is 18.5 Å². The second-order valence-electron chi connectivity index (χ2n) is 5.75. The number of aryl methyl sites for hydroxylation is 2. The zero-order chi connectivity index (χ0) is 15.2. The van der Waals surface area contributed by atoms with E-state index in [-0.39, 0.29) is 0 Å². The van der Waals surface area contributed by atoms with Gasteiger partial charge >= 0.3 is 0 Å². The molecule has 21 heavy (non-hydrogen) atoms. The van der Waals surface area contributed by atoms with E-state index in [4.69, 9.17) is 0 Å². The molecule has 0 aliphatic rings. The number of hydrogen-bond acceptors (Lipinski definition) is 2. The maximum Gasteiger partial charge on any atom is 0.0426 e. The van der Waals surface area contributed by atoms with Crippen molar-refractivity contribution in [3.8, 4) is 0 Å². The molecule has 0 saturated carbocycles. The van der Waals surface area contributed by atoms with Gasteiger partial charge in [-0.3, -0.25) is 0 Å². The van der Waals surface area contributed by atoms with Gasteiger partial charge < -0.3 is 10.2 Å². The maximum absolute atomic E-state index is 3.43. The van der Waals surface area contributed by atoms with Crippen LogP contribution in [-0.4, -0.2) is 13.6 Å². The van der Waals surface area contributed by atoms with Crippen LogP contribution in [0.5, 0.6) is 0 Å². The molecule has 0 fully saturated rings. The van der Waals surface area contributed by atoms with Gasteiger partial charge in [0.15, 0.2) is 0 Å². The largest absolute Gasteiger partial charge is 0.370 e. The molecule has 2 heteroatoms. The first-order valence-corrected chi connectivity index (χ1v) is 7.67. The van der Waals surface area contributed by atoms with Crippen LogP contribution >= 0.6 is 0 Å². The molecule has 0 bridgehead atoms. The molecular formula is C19H26N2. The summed E-state index contributed by atoms with van der Waals surface area (Å²) in [5.41, 5.74) is 6.65. The Bertz CT molecular complexity index is 573. The van der Waals surface area contributed by atoms with E-state index < -0.39 is 0 Å². The summed E-state index contributed by atoms with van der Waals surface area (Å²) in [4.78, 5) is 2.33. The molecule has 2 aromatic carbocycles. The van der Waals surface area contributed by atoms with Gasteiger partial charge in [-0.25, -0.2) is 0 Å². The molecule has 0 atom stereocenters. The standard InChI is InChI=1S/C19H26N2/c1-5-20-13-18-12-16(3)8-11-19(18)21(4)14-17-9-6-15(2)7-10-17/h6-12,20H,5,13-14H2,1-4H3. The van der Waals surface area contributed by atoms with E-state index in [1.807, 2.05) is 0 Å². The average molecular weight is 282 g/mol. The second-order valence-corrected chi connectivity index (χ2v) is 5.75. The quantitative estimate of drug-likeness (QED) is 0.860. The molecule has 0 spiro atoms. The van der Waals surface area contributed by atoms with E-state index in [9.17, 15) is 0 Å². The smallest absolute Gasteiger partial charge is 0.0426 e. The van der Waals surface area contributed by atoms with Gasteiger partial charge in [0.25, 0.3) is 0 Å². The number of benzene rings is 2. The molecule has 112 valence electrons. The normalized spacial score (nSPS) is 10.7. The van der Waals surface area contributed by atoms with Crippen molar-refractivity contribution in [3.63, 3.8) is 0 Å². The predicted octanol–water partition coefficient (Wildman–Crippen LogP) is 4.05. The first-order chi connectivity index (χ1) is 10.1.